The number of carbonyl (C=O) groups is 2. The molecule has 0 spiro atoms. The van der Waals surface area contributed by atoms with Crippen LogP contribution < -0.4 is 31.7 Å². The Balaban J connectivity index is 1.83. The van der Waals surface area contributed by atoms with Crippen LogP contribution >= 0.6 is 45.2 Å². The maximum Gasteiger partial charge on any atom is 0.242 e. The van der Waals surface area contributed by atoms with Crippen molar-refractivity contribution >= 4 is 57.0 Å². The van der Waals surface area contributed by atoms with Crippen molar-refractivity contribution in [2.45, 2.75) is 64.5 Å². The highest BCUT2D eigenvalue weighted by atomic mass is 127. The lowest BCUT2D eigenvalue weighted by Crippen LogP contribution is -2.48. The van der Waals surface area contributed by atoms with Crippen molar-refractivity contribution in [3.8, 4) is 5.75 Å². The summed E-state index contributed by atoms with van der Waals surface area (Å²) in [6.45, 7) is 7.54. The predicted octanol–water partition coefficient (Wildman–Crippen LogP) is 4.12. The number of benzene rings is 2. The van der Waals surface area contributed by atoms with Gasteiger partial charge in [0.05, 0.1) is 7.14 Å². The molecule has 6 N–H and O–H groups in total. The van der Waals surface area contributed by atoms with Crippen LogP contribution in [-0.2, 0) is 22.6 Å². The van der Waals surface area contributed by atoms with Crippen LogP contribution in [0.2, 0.25) is 0 Å². The van der Waals surface area contributed by atoms with Crippen LogP contribution in [-0.4, -0.2) is 57.1 Å². The van der Waals surface area contributed by atoms with Crippen LogP contribution in [0.1, 0.15) is 56.6 Å². The summed E-state index contributed by atoms with van der Waals surface area (Å²) in [7, 11) is 0. The Morgan fingerprint density at radius 1 is 0.875 bits per heavy atom. The number of hydrogen-bond acceptors (Lipinski definition) is 6. The van der Waals surface area contributed by atoms with Crippen LogP contribution in [0.15, 0.2) is 42.5 Å². The molecule has 8 nitrogen and oxygen atoms in total. The van der Waals surface area contributed by atoms with Crippen LogP contribution in [0.25, 0.3) is 0 Å². The summed E-state index contributed by atoms with van der Waals surface area (Å²) >= 11 is 4.55. The first kappa shape index (κ1) is 34.7. The molecule has 2 amide bonds. The normalized spacial score (nSPS) is 11.7. The Kier molecular flexibility index (Phi) is 18.5. The quantitative estimate of drug-likeness (QED) is 0.0964. The molecule has 0 heterocycles. The van der Waals surface area contributed by atoms with Crippen molar-refractivity contribution in [2.75, 3.05) is 39.3 Å². The third kappa shape index (κ3) is 14.4. The summed E-state index contributed by atoms with van der Waals surface area (Å²) in [5.41, 5.74) is 7.59. The van der Waals surface area contributed by atoms with Gasteiger partial charge in [0, 0.05) is 19.4 Å². The Morgan fingerprint density at radius 3 is 2.12 bits per heavy atom. The van der Waals surface area contributed by atoms with E-state index in [9.17, 15) is 9.59 Å². The third-order valence-corrected chi connectivity index (χ3v) is 7.80. The molecular weight excluding hydrogens is 732 g/mol. The van der Waals surface area contributed by atoms with E-state index >= 15 is 0 Å². The van der Waals surface area contributed by atoms with Gasteiger partial charge in [-0.3, -0.25) is 9.59 Å². The molecule has 0 radical (unpaired) electrons. The van der Waals surface area contributed by atoms with Gasteiger partial charge in [0.25, 0.3) is 0 Å². The molecule has 0 saturated carbocycles. The second-order valence-electron chi connectivity index (χ2n) is 9.73. The number of hydrogen-bond donors (Lipinski definition) is 5. The number of nitrogens with two attached hydrogens (primary N) is 1. The number of rotatable bonds is 21. The first-order valence-electron chi connectivity index (χ1n) is 14.3. The van der Waals surface area contributed by atoms with E-state index in [1.165, 1.54) is 0 Å². The standard InChI is InChI=1S/C30H45I2N5O3/c1-2-10-28(38)37-27(30(39)36-18-9-17-35-16-8-15-34-14-7-6-13-33)21-24-19-25(31)29(26(32)20-24)40-22-23-11-4-3-5-12-23/h3-5,11-12,19-20,27,34-35H,2,6-10,13-18,21-22,33H2,1H3,(H,36,39)(H,37,38). The second kappa shape index (κ2) is 21.3. The first-order valence-corrected chi connectivity index (χ1v) is 16.4. The number of carbonyl (C=O) groups excluding carboxylic acids is 2. The van der Waals surface area contributed by atoms with Crippen molar-refractivity contribution in [1.29, 1.82) is 0 Å². The number of amides is 2. The van der Waals surface area contributed by atoms with E-state index in [2.05, 4.69) is 66.4 Å². The molecule has 10 heteroatoms. The van der Waals surface area contributed by atoms with Gasteiger partial charge in [0.2, 0.25) is 11.8 Å². The average Bonchev–Trinajstić information content (AvgIpc) is 2.93. The highest BCUT2D eigenvalue weighted by Gasteiger charge is 2.22. The molecule has 0 fully saturated rings. The fraction of sp³-hybridized carbons (Fsp3) is 0.533. The van der Waals surface area contributed by atoms with Gasteiger partial charge >= 0.3 is 0 Å². The Bertz CT molecular complexity index is 987. The zero-order valence-corrected chi connectivity index (χ0v) is 27.9. The van der Waals surface area contributed by atoms with Crippen molar-refractivity contribution < 1.29 is 14.3 Å². The van der Waals surface area contributed by atoms with Crippen molar-refractivity contribution in [1.82, 2.24) is 21.3 Å². The van der Waals surface area contributed by atoms with E-state index in [1.54, 1.807) is 0 Å². The van der Waals surface area contributed by atoms with Crippen LogP contribution in [0.3, 0.4) is 0 Å². The monoisotopic (exact) mass is 777 g/mol. The number of nitrogens with one attached hydrogen (secondary N) is 4. The third-order valence-electron chi connectivity index (χ3n) is 6.20. The SMILES string of the molecule is CCCC(=O)NC(Cc1cc(I)c(OCc2ccccc2)c(I)c1)C(=O)NCCCNCCCNCCCCN. The maximum absolute atomic E-state index is 13.1. The molecule has 2 rings (SSSR count). The zero-order valence-electron chi connectivity index (χ0n) is 23.6. The lowest BCUT2D eigenvalue weighted by atomic mass is 10.0. The van der Waals surface area contributed by atoms with Gasteiger partial charge in [-0.25, -0.2) is 0 Å². The number of ether oxygens (including phenoxy) is 1. The summed E-state index contributed by atoms with van der Waals surface area (Å²) in [4.78, 5) is 25.5. The molecule has 0 saturated heterocycles. The van der Waals surface area contributed by atoms with Gasteiger partial charge in [-0.2, -0.15) is 0 Å². The molecular formula is C30H45I2N5O3. The molecule has 0 aliphatic carbocycles. The molecule has 1 atom stereocenters. The minimum absolute atomic E-state index is 0.104. The smallest absolute Gasteiger partial charge is 0.242 e. The van der Waals surface area contributed by atoms with Crippen LogP contribution in [0, 0.1) is 7.14 Å². The second-order valence-corrected chi connectivity index (χ2v) is 12.1. The van der Waals surface area contributed by atoms with E-state index in [1.807, 2.05) is 49.4 Å². The number of halogens is 2. The summed E-state index contributed by atoms with van der Waals surface area (Å²) in [5.74, 6) is 0.577. The Morgan fingerprint density at radius 2 is 1.50 bits per heavy atom. The minimum Gasteiger partial charge on any atom is -0.487 e. The van der Waals surface area contributed by atoms with Crippen molar-refractivity contribution in [3.63, 3.8) is 0 Å². The Labute approximate surface area is 267 Å². The average molecular weight is 778 g/mol. The molecule has 0 aliphatic rings. The van der Waals surface area contributed by atoms with Crippen molar-refractivity contribution in [3.05, 3.63) is 60.7 Å². The minimum atomic E-state index is -0.625. The lowest BCUT2D eigenvalue weighted by molar-refractivity contribution is -0.129. The van der Waals surface area contributed by atoms with Gasteiger partial charge in [0.1, 0.15) is 18.4 Å². The zero-order chi connectivity index (χ0) is 29.0. The summed E-state index contributed by atoms with van der Waals surface area (Å²) in [6.07, 6.45) is 5.63. The predicted molar refractivity (Wildman–Crippen MR) is 179 cm³/mol. The van der Waals surface area contributed by atoms with E-state index in [-0.39, 0.29) is 11.8 Å². The molecule has 0 bridgehead atoms. The van der Waals surface area contributed by atoms with Gasteiger partial charge in [-0.1, -0.05) is 37.3 Å². The van der Waals surface area contributed by atoms with Crippen LogP contribution in [0.5, 0.6) is 5.75 Å². The van der Waals surface area contributed by atoms with Crippen molar-refractivity contribution in [2.24, 2.45) is 5.73 Å². The summed E-state index contributed by atoms with van der Waals surface area (Å²) < 4.78 is 8.06. The molecule has 1 unspecified atom stereocenters. The van der Waals surface area contributed by atoms with E-state index < -0.39 is 6.04 Å². The molecule has 222 valence electrons. The van der Waals surface area contributed by atoms with Gasteiger partial charge in [-0.15, -0.1) is 0 Å². The largest absolute Gasteiger partial charge is 0.487 e. The van der Waals surface area contributed by atoms with Gasteiger partial charge in [0.15, 0.2) is 0 Å². The summed E-state index contributed by atoms with van der Waals surface area (Å²) in [5, 5.41) is 12.8. The maximum atomic E-state index is 13.1. The summed E-state index contributed by atoms with van der Waals surface area (Å²) in [6, 6.07) is 13.5. The highest BCUT2D eigenvalue weighted by molar-refractivity contribution is 14.1. The fourth-order valence-electron chi connectivity index (χ4n) is 4.07. The van der Waals surface area contributed by atoms with Gasteiger partial charge in [-0.05, 0) is 133 Å². The number of unbranched alkanes of at least 4 members (excludes halogenated alkanes) is 1. The highest BCUT2D eigenvalue weighted by Crippen LogP contribution is 2.30. The Hall–Kier alpha value is -1.48. The molecule has 0 aromatic heterocycles. The van der Waals surface area contributed by atoms with Gasteiger partial charge < -0.3 is 31.7 Å². The van der Waals surface area contributed by atoms with Crippen LogP contribution in [0.4, 0.5) is 0 Å². The molecule has 2 aromatic rings. The topological polar surface area (TPSA) is 118 Å². The molecule has 0 aliphatic heterocycles. The lowest BCUT2D eigenvalue weighted by Gasteiger charge is -2.20. The molecule has 40 heavy (non-hydrogen) atoms. The van der Waals surface area contributed by atoms with E-state index in [0.29, 0.717) is 26.0 Å². The van der Waals surface area contributed by atoms with E-state index in [4.69, 9.17) is 10.5 Å². The molecule has 2 aromatic carbocycles. The fourth-order valence-corrected chi connectivity index (χ4v) is 6.28. The first-order chi connectivity index (χ1) is 19.4. The van der Waals surface area contributed by atoms with E-state index in [0.717, 1.165) is 88.8 Å².